The first-order valence-corrected chi connectivity index (χ1v) is 22.6. The molecule has 0 spiro atoms. The third-order valence-corrected chi connectivity index (χ3v) is 12.4. The Morgan fingerprint density at radius 1 is 0.209 bits per heavy atom. The number of hydrogen-bond donors (Lipinski definition) is 0. The van der Waals surface area contributed by atoms with E-state index < -0.39 is 0 Å². The second-order valence-electron chi connectivity index (χ2n) is 16.6. The molecule has 5 nitrogen and oxygen atoms in total. The first-order chi connectivity index (χ1) is 33.2. The normalized spacial score (nSPS) is 11.3. The molecule has 0 fully saturated rings. The van der Waals surface area contributed by atoms with Crippen molar-refractivity contribution >= 4 is 21.8 Å². The van der Waals surface area contributed by atoms with Crippen molar-refractivity contribution in [1.29, 1.82) is 0 Å². The molecule has 0 saturated carbocycles. The molecular weight excluding hydrogens is 815 g/mol. The van der Waals surface area contributed by atoms with E-state index in [-0.39, 0.29) is 0 Å². The number of rotatable bonds is 9. The number of aromatic nitrogens is 5. The summed E-state index contributed by atoms with van der Waals surface area (Å²) in [5, 5.41) is 2.37. The minimum absolute atomic E-state index is 0.783. The van der Waals surface area contributed by atoms with Gasteiger partial charge in [0, 0.05) is 61.0 Å². The van der Waals surface area contributed by atoms with Gasteiger partial charge in [0.05, 0.1) is 56.6 Å². The molecule has 12 aromatic rings. The Hall–Kier alpha value is -9.06. The highest BCUT2D eigenvalue weighted by Crippen LogP contribution is 2.42. The summed E-state index contributed by atoms with van der Waals surface area (Å²) >= 11 is 0. The molecule has 9 aromatic carbocycles. The summed E-state index contributed by atoms with van der Waals surface area (Å²) in [6.07, 6.45) is 0. The van der Waals surface area contributed by atoms with Crippen LogP contribution in [0.5, 0.6) is 0 Å². The lowest BCUT2D eigenvalue weighted by atomic mass is 9.96. The number of benzene rings is 9. The number of nitrogens with zero attached hydrogens (tertiary/aromatic N) is 5. The Labute approximate surface area is 389 Å². The first-order valence-electron chi connectivity index (χ1n) is 22.6. The summed E-state index contributed by atoms with van der Waals surface area (Å²) in [4.78, 5) is 22.3. The van der Waals surface area contributed by atoms with Gasteiger partial charge in [-0.3, -0.25) is 0 Å². The molecule has 0 aliphatic rings. The van der Waals surface area contributed by atoms with E-state index in [1.54, 1.807) is 0 Å². The van der Waals surface area contributed by atoms with Crippen LogP contribution < -0.4 is 0 Å². The summed E-state index contributed by atoms with van der Waals surface area (Å²) in [5.41, 5.74) is 17.7. The fourth-order valence-corrected chi connectivity index (χ4v) is 9.22. The van der Waals surface area contributed by atoms with E-state index in [1.165, 1.54) is 10.8 Å². The van der Waals surface area contributed by atoms with Crippen LogP contribution in [0.1, 0.15) is 0 Å². The molecule has 0 radical (unpaired) electrons. The summed E-state index contributed by atoms with van der Waals surface area (Å²) in [5.74, 6) is 0. The van der Waals surface area contributed by atoms with E-state index in [2.05, 4.69) is 211 Å². The van der Waals surface area contributed by atoms with Gasteiger partial charge in [-0.05, 0) is 24.3 Å². The second-order valence-corrected chi connectivity index (χ2v) is 16.6. The third kappa shape index (κ3) is 7.35. The Bertz CT molecular complexity index is 3690. The molecule has 67 heavy (non-hydrogen) atoms. The van der Waals surface area contributed by atoms with Gasteiger partial charge in [-0.1, -0.05) is 224 Å². The summed E-state index contributed by atoms with van der Waals surface area (Å²) in [6.45, 7) is 0. The Balaban J connectivity index is 1.08. The van der Waals surface area contributed by atoms with Crippen molar-refractivity contribution in [2.45, 2.75) is 0 Å². The lowest BCUT2D eigenvalue weighted by molar-refractivity contribution is 1.18. The molecule has 0 aliphatic heterocycles. The van der Waals surface area contributed by atoms with E-state index in [0.29, 0.717) is 0 Å². The fourth-order valence-electron chi connectivity index (χ4n) is 9.22. The van der Waals surface area contributed by atoms with Crippen LogP contribution >= 0.6 is 0 Å². The molecule has 0 atom stereocenters. The Morgan fingerprint density at radius 3 is 0.851 bits per heavy atom. The van der Waals surface area contributed by atoms with Crippen LogP contribution in [0.2, 0.25) is 0 Å². The van der Waals surface area contributed by atoms with Crippen LogP contribution in [0.3, 0.4) is 0 Å². The van der Waals surface area contributed by atoms with Gasteiger partial charge in [-0.25, -0.2) is 19.9 Å². The van der Waals surface area contributed by atoms with Gasteiger partial charge >= 0.3 is 0 Å². The molecule has 0 N–H and O–H groups in total. The maximum atomic E-state index is 5.65. The SMILES string of the molecule is c1ccc(-c2nc(-c3ccccc3)c(-c3ccc(-c4nc(-c5ccccc5)c(-c5ccccc5)nc4-c4ccc5c6ccccc6n(-c6ccccc6)c5c4)cc3)nc2-c2ccccc2)cc1. The van der Waals surface area contributed by atoms with Crippen molar-refractivity contribution < 1.29 is 0 Å². The molecule has 0 saturated heterocycles. The standard InChI is InChI=1S/C62H41N5/c1-7-21-42(22-8-1)55-56(43-23-9-2-10-24-43)64-60(59(63-55)46-29-15-5-16-30-46)47-35-37-48(38-36-47)61-62(66-58(45-27-13-4-14-28-45)57(65-61)44-25-11-3-12-26-44)49-39-40-52-51-33-19-20-34-53(51)67(54(52)41-49)50-31-17-6-18-32-50/h1-41H. The van der Waals surface area contributed by atoms with Crippen LogP contribution in [-0.4, -0.2) is 24.5 Å². The van der Waals surface area contributed by atoms with Gasteiger partial charge in [-0.2, -0.15) is 0 Å². The number of fused-ring (bicyclic) bond motifs is 3. The monoisotopic (exact) mass is 855 g/mol. The highest BCUT2D eigenvalue weighted by Gasteiger charge is 2.23. The van der Waals surface area contributed by atoms with Gasteiger partial charge in [0.25, 0.3) is 0 Å². The topological polar surface area (TPSA) is 56.5 Å². The molecule has 3 heterocycles. The molecule has 0 bridgehead atoms. The minimum atomic E-state index is 0.783. The van der Waals surface area contributed by atoms with E-state index in [4.69, 9.17) is 19.9 Å². The van der Waals surface area contributed by atoms with Crippen molar-refractivity contribution in [2.75, 3.05) is 0 Å². The quantitative estimate of drug-likeness (QED) is 0.145. The van der Waals surface area contributed by atoms with Gasteiger partial charge < -0.3 is 4.57 Å². The Kier molecular flexibility index (Phi) is 10.1. The van der Waals surface area contributed by atoms with E-state index in [1.807, 2.05) is 42.5 Å². The maximum Gasteiger partial charge on any atom is 0.0974 e. The van der Waals surface area contributed by atoms with Crippen molar-refractivity contribution in [2.24, 2.45) is 0 Å². The van der Waals surface area contributed by atoms with Crippen LogP contribution in [0.15, 0.2) is 249 Å². The zero-order valence-electron chi connectivity index (χ0n) is 36.4. The average Bonchev–Trinajstić information content (AvgIpc) is 3.75. The van der Waals surface area contributed by atoms with Crippen LogP contribution in [0.25, 0.3) is 118 Å². The van der Waals surface area contributed by atoms with Gasteiger partial charge in [0.2, 0.25) is 0 Å². The lowest BCUT2D eigenvalue weighted by Gasteiger charge is -2.18. The highest BCUT2D eigenvalue weighted by molar-refractivity contribution is 6.10. The molecule has 0 unspecified atom stereocenters. The van der Waals surface area contributed by atoms with E-state index in [0.717, 1.165) is 107 Å². The Morgan fingerprint density at radius 2 is 0.478 bits per heavy atom. The zero-order valence-corrected chi connectivity index (χ0v) is 36.4. The van der Waals surface area contributed by atoms with Gasteiger partial charge in [0.1, 0.15) is 0 Å². The second kappa shape index (κ2) is 17.1. The van der Waals surface area contributed by atoms with Crippen molar-refractivity contribution in [1.82, 2.24) is 24.5 Å². The van der Waals surface area contributed by atoms with E-state index in [9.17, 15) is 0 Å². The van der Waals surface area contributed by atoms with Gasteiger partial charge in [-0.15, -0.1) is 0 Å². The predicted molar refractivity (Wildman–Crippen MR) is 275 cm³/mol. The van der Waals surface area contributed by atoms with Crippen LogP contribution in [0.4, 0.5) is 0 Å². The minimum Gasteiger partial charge on any atom is -0.309 e. The molecule has 0 aliphatic carbocycles. The maximum absolute atomic E-state index is 5.65. The average molecular weight is 856 g/mol. The molecule has 314 valence electrons. The molecule has 12 rings (SSSR count). The van der Waals surface area contributed by atoms with Crippen molar-refractivity contribution in [3.05, 3.63) is 249 Å². The summed E-state index contributed by atoms with van der Waals surface area (Å²) in [7, 11) is 0. The fraction of sp³-hybridized carbons (Fsp3) is 0. The van der Waals surface area contributed by atoms with E-state index >= 15 is 0 Å². The largest absolute Gasteiger partial charge is 0.309 e. The van der Waals surface area contributed by atoms with Crippen molar-refractivity contribution in [3.8, 4) is 95.7 Å². The van der Waals surface area contributed by atoms with Crippen LogP contribution in [-0.2, 0) is 0 Å². The van der Waals surface area contributed by atoms with Crippen LogP contribution in [0, 0.1) is 0 Å². The molecular formula is C62H41N5. The summed E-state index contributed by atoms with van der Waals surface area (Å²) in [6, 6.07) is 86.3. The highest BCUT2D eigenvalue weighted by atomic mass is 15.0. The molecule has 3 aromatic heterocycles. The summed E-state index contributed by atoms with van der Waals surface area (Å²) < 4.78 is 2.35. The van der Waals surface area contributed by atoms with Gasteiger partial charge in [0.15, 0.2) is 0 Å². The third-order valence-electron chi connectivity index (χ3n) is 12.4. The molecule has 0 amide bonds. The van der Waals surface area contributed by atoms with Crippen molar-refractivity contribution in [3.63, 3.8) is 0 Å². The number of para-hydroxylation sites is 2. The smallest absolute Gasteiger partial charge is 0.0974 e. The number of hydrogen-bond acceptors (Lipinski definition) is 4. The first kappa shape index (κ1) is 39.5. The lowest BCUT2D eigenvalue weighted by Crippen LogP contribution is -2.02. The zero-order chi connectivity index (χ0) is 44.5. The molecule has 5 heteroatoms. The predicted octanol–water partition coefficient (Wildman–Crippen LogP) is 15.7.